The number of hydrogen-bond acceptors (Lipinski definition) is 2. The van der Waals surface area contributed by atoms with Crippen LogP contribution in [-0.2, 0) is 0 Å². The lowest BCUT2D eigenvalue weighted by atomic mass is 9.95. The van der Waals surface area contributed by atoms with Gasteiger partial charge in [0.2, 0.25) is 0 Å². The zero-order valence-electron chi connectivity index (χ0n) is 9.27. The molecule has 3 heteroatoms. The van der Waals surface area contributed by atoms with E-state index in [9.17, 15) is 4.79 Å². The SMILES string of the molecule is CC(C)C1CCN(C(=O)c2ccco2)C1. The van der Waals surface area contributed by atoms with Crippen LogP contribution < -0.4 is 0 Å². The topological polar surface area (TPSA) is 33.5 Å². The molecule has 0 saturated carbocycles. The minimum atomic E-state index is 0.0307. The Morgan fingerprint density at radius 1 is 1.60 bits per heavy atom. The van der Waals surface area contributed by atoms with Crippen molar-refractivity contribution in [2.24, 2.45) is 11.8 Å². The molecule has 1 unspecified atom stereocenters. The Morgan fingerprint density at radius 2 is 2.40 bits per heavy atom. The Labute approximate surface area is 90.1 Å². The van der Waals surface area contributed by atoms with Gasteiger partial charge in [0.05, 0.1) is 6.26 Å². The van der Waals surface area contributed by atoms with E-state index >= 15 is 0 Å². The predicted molar refractivity (Wildman–Crippen MR) is 57.6 cm³/mol. The minimum absolute atomic E-state index is 0.0307. The molecule has 1 fully saturated rings. The standard InChI is InChI=1S/C12H17NO2/c1-9(2)10-5-6-13(8-10)12(14)11-4-3-7-15-11/h3-4,7,9-10H,5-6,8H2,1-2H3. The maximum Gasteiger partial charge on any atom is 0.289 e. The molecule has 0 bridgehead atoms. The Kier molecular flexibility index (Phi) is 2.80. The Bertz CT molecular complexity index is 329. The third-order valence-electron chi connectivity index (χ3n) is 3.19. The Balaban J connectivity index is 1.99. The molecule has 0 radical (unpaired) electrons. The van der Waals surface area contributed by atoms with Crippen LogP contribution >= 0.6 is 0 Å². The molecule has 1 aromatic rings. The van der Waals surface area contributed by atoms with Crippen LogP contribution in [0, 0.1) is 11.8 Å². The van der Waals surface area contributed by atoms with Crippen molar-refractivity contribution in [1.82, 2.24) is 4.90 Å². The number of hydrogen-bond donors (Lipinski definition) is 0. The summed E-state index contributed by atoms with van der Waals surface area (Å²) < 4.78 is 5.11. The second-order valence-corrected chi connectivity index (χ2v) is 4.52. The molecule has 0 N–H and O–H groups in total. The maximum absolute atomic E-state index is 11.9. The number of furan rings is 1. The first-order valence-corrected chi connectivity index (χ1v) is 5.51. The van der Waals surface area contributed by atoms with E-state index in [-0.39, 0.29) is 5.91 Å². The summed E-state index contributed by atoms with van der Waals surface area (Å²) in [5, 5.41) is 0. The number of carbonyl (C=O) groups excluding carboxylic acids is 1. The van der Waals surface area contributed by atoms with E-state index in [0.29, 0.717) is 17.6 Å². The van der Waals surface area contributed by atoms with Gasteiger partial charge in [-0.25, -0.2) is 0 Å². The van der Waals surface area contributed by atoms with Crippen LogP contribution in [0.15, 0.2) is 22.8 Å². The van der Waals surface area contributed by atoms with Crippen molar-refractivity contribution in [3.63, 3.8) is 0 Å². The average molecular weight is 207 g/mol. The molecule has 0 aliphatic carbocycles. The quantitative estimate of drug-likeness (QED) is 0.746. The van der Waals surface area contributed by atoms with Gasteiger partial charge in [0.25, 0.3) is 5.91 Å². The number of rotatable bonds is 2. The first-order chi connectivity index (χ1) is 7.18. The van der Waals surface area contributed by atoms with Crippen molar-refractivity contribution in [1.29, 1.82) is 0 Å². The molecule has 1 aliphatic heterocycles. The summed E-state index contributed by atoms with van der Waals surface area (Å²) in [6.07, 6.45) is 2.66. The highest BCUT2D eigenvalue weighted by molar-refractivity contribution is 5.91. The number of nitrogens with zero attached hydrogens (tertiary/aromatic N) is 1. The van der Waals surface area contributed by atoms with Crippen LogP contribution in [0.2, 0.25) is 0 Å². The lowest BCUT2D eigenvalue weighted by molar-refractivity contribution is 0.0752. The average Bonchev–Trinajstić information content (AvgIpc) is 2.88. The van der Waals surface area contributed by atoms with Gasteiger partial charge in [-0.2, -0.15) is 0 Å². The summed E-state index contributed by atoms with van der Waals surface area (Å²) in [6.45, 7) is 6.16. The van der Waals surface area contributed by atoms with E-state index in [4.69, 9.17) is 4.42 Å². The van der Waals surface area contributed by atoms with Gasteiger partial charge in [0, 0.05) is 13.1 Å². The highest BCUT2D eigenvalue weighted by atomic mass is 16.3. The minimum Gasteiger partial charge on any atom is -0.459 e. The molecule has 82 valence electrons. The summed E-state index contributed by atoms with van der Waals surface area (Å²) in [5.74, 6) is 1.78. The monoisotopic (exact) mass is 207 g/mol. The fourth-order valence-corrected chi connectivity index (χ4v) is 2.07. The molecule has 3 nitrogen and oxygen atoms in total. The normalized spacial score (nSPS) is 21.3. The van der Waals surface area contributed by atoms with E-state index in [1.807, 2.05) is 4.90 Å². The van der Waals surface area contributed by atoms with Gasteiger partial charge in [-0.1, -0.05) is 13.8 Å². The number of amides is 1. The molecular weight excluding hydrogens is 190 g/mol. The van der Waals surface area contributed by atoms with Crippen LogP contribution in [0.3, 0.4) is 0 Å². The van der Waals surface area contributed by atoms with Gasteiger partial charge >= 0.3 is 0 Å². The fourth-order valence-electron chi connectivity index (χ4n) is 2.07. The third-order valence-corrected chi connectivity index (χ3v) is 3.19. The summed E-state index contributed by atoms with van der Waals surface area (Å²) in [6, 6.07) is 3.48. The van der Waals surface area contributed by atoms with Crippen molar-refractivity contribution in [2.45, 2.75) is 20.3 Å². The molecule has 1 atom stereocenters. The zero-order valence-corrected chi connectivity index (χ0v) is 9.27. The molecule has 1 amide bonds. The highest BCUT2D eigenvalue weighted by Crippen LogP contribution is 2.24. The van der Waals surface area contributed by atoms with Crippen LogP contribution in [0.25, 0.3) is 0 Å². The molecule has 0 spiro atoms. The fraction of sp³-hybridized carbons (Fsp3) is 0.583. The van der Waals surface area contributed by atoms with E-state index in [0.717, 1.165) is 19.5 Å². The summed E-state index contributed by atoms with van der Waals surface area (Å²) >= 11 is 0. The molecule has 2 rings (SSSR count). The molecule has 15 heavy (non-hydrogen) atoms. The zero-order chi connectivity index (χ0) is 10.8. The van der Waals surface area contributed by atoms with Crippen molar-refractivity contribution in [3.8, 4) is 0 Å². The lowest BCUT2D eigenvalue weighted by Gasteiger charge is -2.16. The third kappa shape index (κ3) is 2.06. The van der Waals surface area contributed by atoms with Crippen molar-refractivity contribution >= 4 is 5.91 Å². The Hall–Kier alpha value is -1.25. The highest BCUT2D eigenvalue weighted by Gasteiger charge is 2.29. The first kappa shape index (κ1) is 10.3. The Morgan fingerprint density at radius 3 is 2.93 bits per heavy atom. The molecule has 2 heterocycles. The molecule has 0 aromatic carbocycles. The summed E-state index contributed by atoms with van der Waals surface area (Å²) in [7, 11) is 0. The molecule has 1 saturated heterocycles. The largest absolute Gasteiger partial charge is 0.459 e. The van der Waals surface area contributed by atoms with Gasteiger partial charge in [0.1, 0.15) is 0 Å². The van der Waals surface area contributed by atoms with Crippen molar-refractivity contribution < 1.29 is 9.21 Å². The number of carbonyl (C=O) groups is 1. The summed E-state index contributed by atoms with van der Waals surface area (Å²) in [4.78, 5) is 13.8. The van der Waals surface area contributed by atoms with Crippen LogP contribution in [0.4, 0.5) is 0 Å². The van der Waals surface area contributed by atoms with Crippen LogP contribution in [-0.4, -0.2) is 23.9 Å². The van der Waals surface area contributed by atoms with Crippen molar-refractivity contribution in [3.05, 3.63) is 24.2 Å². The maximum atomic E-state index is 11.9. The van der Waals surface area contributed by atoms with Gasteiger partial charge in [0.15, 0.2) is 5.76 Å². The van der Waals surface area contributed by atoms with Gasteiger partial charge in [-0.15, -0.1) is 0 Å². The van der Waals surface area contributed by atoms with E-state index in [1.165, 1.54) is 0 Å². The second-order valence-electron chi connectivity index (χ2n) is 4.52. The summed E-state index contributed by atoms with van der Waals surface area (Å²) in [5.41, 5.74) is 0. The second kappa shape index (κ2) is 4.09. The lowest BCUT2D eigenvalue weighted by Crippen LogP contribution is -2.28. The number of likely N-dealkylation sites (tertiary alicyclic amines) is 1. The van der Waals surface area contributed by atoms with Gasteiger partial charge in [-0.05, 0) is 30.4 Å². The van der Waals surface area contributed by atoms with Crippen LogP contribution in [0.1, 0.15) is 30.8 Å². The predicted octanol–water partition coefficient (Wildman–Crippen LogP) is 2.40. The van der Waals surface area contributed by atoms with Crippen molar-refractivity contribution in [2.75, 3.05) is 13.1 Å². The molecular formula is C12H17NO2. The molecule has 1 aromatic heterocycles. The van der Waals surface area contributed by atoms with Gasteiger partial charge in [-0.3, -0.25) is 4.79 Å². The van der Waals surface area contributed by atoms with Crippen LogP contribution in [0.5, 0.6) is 0 Å². The molecule has 1 aliphatic rings. The van der Waals surface area contributed by atoms with E-state index in [2.05, 4.69) is 13.8 Å². The van der Waals surface area contributed by atoms with Gasteiger partial charge < -0.3 is 9.32 Å². The van der Waals surface area contributed by atoms with E-state index in [1.54, 1.807) is 18.4 Å². The first-order valence-electron chi connectivity index (χ1n) is 5.51. The van der Waals surface area contributed by atoms with E-state index < -0.39 is 0 Å². The smallest absolute Gasteiger partial charge is 0.289 e.